The highest BCUT2D eigenvalue weighted by molar-refractivity contribution is 5.96. The number of rotatable bonds is 5. The number of hydrogen-bond acceptors (Lipinski definition) is 3. The van der Waals surface area contributed by atoms with Gasteiger partial charge in [0.15, 0.2) is 0 Å². The molecule has 1 aromatic carbocycles. The molecule has 1 aliphatic carbocycles. The lowest BCUT2D eigenvalue weighted by Gasteiger charge is -2.21. The average Bonchev–Trinajstić information content (AvgIpc) is 2.41. The maximum absolute atomic E-state index is 11.3. The fourth-order valence-electron chi connectivity index (χ4n) is 2.68. The highest BCUT2D eigenvalue weighted by atomic mass is 16.5. The van der Waals surface area contributed by atoms with Gasteiger partial charge in [-0.1, -0.05) is 32.1 Å². The van der Waals surface area contributed by atoms with E-state index in [0.29, 0.717) is 23.6 Å². The standard InChI is InChI=1S/C15H22N2O2/c16-12-6-7-14(13(10-12)15(17)18)19-9-8-11-4-2-1-3-5-11/h6-7,10-11H,1-5,8-9,16H2,(H2,17,18). The number of carbonyl (C=O) groups excluding carboxylic acids is 1. The lowest BCUT2D eigenvalue weighted by atomic mass is 9.87. The lowest BCUT2D eigenvalue weighted by molar-refractivity contribution is 0.0996. The molecule has 0 radical (unpaired) electrons. The summed E-state index contributed by atoms with van der Waals surface area (Å²) in [5, 5.41) is 0. The fraction of sp³-hybridized carbons (Fsp3) is 0.533. The molecular formula is C15H22N2O2. The molecular weight excluding hydrogens is 240 g/mol. The van der Waals surface area contributed by atoms with E-state index in [1.165, 1.54) is 32.1 Å². The van der Waals surface area contributed by atoms with Gasteiger partial charge < -0.3 is 16.2 Å². The van der Waals surface area contributed by atoms with Gasteiger partial charge in [-0.05, 0) is 30.5 Å². The minimum Gasteiger partial charge on any atom is -0.493 e. The van der Waals surface area contributed by atoms with Gasteiger partial charge in [0.1, 0.15) is 5.75 Å². The van der Waals surface area contributed by atoms with E-state index in [-0.39, 0.29) is 0 Å². The molecule has 0 unspecified atom stereocenters. The highest BCUT2D eigenvalue weighted by Gasteiger charge is 2.14. The van der Waals surface area contributed by atoms with Crippen LogP contribution in [0.15, 0.2) is 18.2 Å². The second kappa shape index (κ2) is 6.45. The molecule has 0 saturated heterocycles. The number of nitrogen functional groups attached to an aromatic ring is 1. The largest absolute Gasteiger partial charge is 0.493 e. The first-order valence-corrected chi connectivity index (χ1v) is 6.99. The van der Waals surface area contributed by atoms with Crippen molar-refractivity contribution in [3.63, 3.8) is 0 Å². The van der Waals surface area contributed by atoms with Gasteiger partial charge in [-0.25, -0.2) is 0 Å². The number of ether oxygens (including phenoxy) is 1. The monoisotopic (exact) mass is 262 g/mol. The van der Waals surface area contributed by atoms with Crippen LogP contribution in [0.25, 0.3) is 0 Å². The summed E-state index contributed by atoms with van der Waals surface area (Å²) in [7, 11) is 0. The summed E-state index contributed by atoms with van der Waals surface area (Å²) in [6.07, 6.45) is 7.67. The molecule has 104 valence electrons. The molecule has 19 heavy (non-hydrogen) atoms. The van der Waals surface area contributed by atoms with Crippen LogP contribution >= 0.6 is 0 Å². The molecule has 0 atom stereocenters. The third kappa shape index (κ3) is 3.88. The van der Waals surface area contributed by atoms with Gasteiger partial charge in [-0.3, -0.25) is 4.79 Å². The van der Waals surface area contributed by atoms with Crippen LogP contribution < -0.4 is 16.2 Å². The van der Waals surface area contributed by atoms with Crippen LogP contribution in [0.3, 0.4) is 0 Å². The summed E-state index contributed by atoms with van der Waals surface area (Å²) in [5.41, 5.74) is 11.9. The third-order valence-electron chi connectivity index (χ3n) is 3.78. The topological polar surface area (TPSA) is 78.3 Å². The highest BCUT2D eigenvalue weighted by Crippen LogP contribution is 2.27. The van der Waals surface area contributed by atoms with Crippen molar-refractivity contribution in [2.75, 3.05) is 12.3 Å². The van der Waals surface area contributed by atoms with Crippen molar-refractivity contribution >= 4 is 11.6 Å². The van der Waals surface area contributed by atoms with Gasteiger partial charge in [0, 0.05) is 5.69 Å². The van der Waals surface area contributed by atoms with Crippen molar-refractivity contribution in [3.8, 4) is 5.75 Å². The molecule has 1 aromatic rings. The van der Waals surface area contributed by atoms with Crippen LogP contribution in [0.5, 0.6) is 5.75 Å². The van der Waals surface area contributed by atoms with Gasteiger partial charge in [-0.15, -0.1) is 0 Å². The minimum absolute atomic E-state index is 0.364. The zero-order valence-corrected chi connectivity index (χ0v) is 11.2. The molecule has 0 bridgehead atoms. The SMILES string of the molecule is NC(=O)c1cc(N)ccc1OCCC1CCCCC1. The number of amides is 1. The molecule has 4 N–H and O–H groups in total. The summed E-state index contributed by atoms with van der Waals surface area (Å²) >= 11 is 0. The molecule has 1 saturated carbocycles. The summed E-state index contributed by atoms with van der Waals surface area (Å²) in [6, 6.07) is 5.01. The minimum atomic E-state index is -0.500. The Bertz CT molecular complexity index is 440. The third-order valence-corrected chi connectivity index (χ3v) is 3.78. The molecule has 0 aliphatic heterocycles. The van der Waals surface area contributed by atoms with Crippen LogP contribution in [0, 0.1) is 5.92 Å². The molecule has 0 spiro atoms. The van der Waals surface area contributed by atoms with Crippen molar-refractivity contribution in [2.24, 2.45) is 11.7 Å². The van der Waals surface area contributed by atoms with Gasteiger partial charge in [0.25, 0.3) is 5.91 Å². The normalized spacial score (nSPS) is 16.2. The smallest absolute Gasteiger partial charge is 0.252 e. The Labute approximate surface area is 114 Å². The van der Waals surface area contributed by atoms with E-state index in [1.807, 2.05) is 0 Å². The number of anilines is 1. The van der Waals surface area contributed by atoms with Crippen LogP contribution in [0.2, 0.25) is 0 Å². The Morgan fingerprint density at radius 1 is 1.26 bits per heavy atom. The first-order valence-electron chi connectivity index (χ1n) is 6.99. The van der Waals surface area contributed by atoms with E-state index >= 15 is 0 Å². The molecule has 0 heterocycles. The second-order valence-electron chi connectivity index (χ2n) is 5.26. The van der Waals surface area contributed by atoms with E-state index in [2.05, 4.69) is 0 Å². The van der Waals surface area contributed by atoms with Gasteiger partial charge >= 0.3 is 0 Å². The van der Waals surface area contributed by atoms with Crippen molar-refractivity contribution in [3.05, 3.63) is 23.8 Å². The molecule has 2 rings (SSSR count). The molecule has 0 aromatic heterocycles. The average molecular weight is 262 g/mol. The van der Waals surface area contributed by atoms with E-state index in [1.54, 1.807) is 18.2 Å². The Hall–Kier alpha value is -1.71. The van der Waals surface area contributed by atoms with Crippen molar-refractivity contribution in [2.45, 2.75) is 38.5 Å². The lowest BCUT2D eigenvalue weighted by Crippen LogP contribution is -2.15. The zero-order valence-electron chi connectivity index (χ0n) is 11.2. The van der Waals surface area contributed by atoms with Crippen LogP contribution in [0.1, 0.15) is 48.9 Å². The summed E-state index contributed by atoms with van der Waals surface area (Å²) in [4.78, 5) is 11.3. The summed E-state index contributed by atoms with van der Waals surface area (Å²) in [5.74, 6) is 0.803. The summed E-state index contributed by atoms with van der Waals surface area (Å²) in [6.45, 7) is 0.634. The fourth-order valence-corrected chi connectivity index (χ4v) is 2.68. The van der Waals surface area contributed by atoms with E-state index in [0.717, 1.165) is 12.3 Å². The van der Waals surface area contributed by atoms with Gasteiger partial charge in [0.05, 0.1) is 12.2 Å². The number of primary amides is 1. The van der Waals surface area contributed by atoms with Crippen LogP contribution in [0.4, 0.5) is 5.69 Å². The van der Waals surface area contributed by atoms with E-state index in [4.69, 9.17) is 16.2 Å². The van der Waals surface area contributed by atoms with Crippen molar-refractivity contribution in [1.82, 2.24) is 0 Å². The quantitative estimate of drug-likeness (QED) is 0.801. The van der Waals surface area contributed by atoms with Crippen molar-refractivity contribution < 1.29 is 9.53 Å². The maximum atomic E-state index is 11.3. The molecule has 1 fully saturated rings. The van der Waals surface area contributed by atoms with Gasteiger partial charge in [0.2, 0.25) is 0 Å². The van der Waals surface area contributed by atoms with Crippen molar-refractivity contribution in [1.29, 1.82) is 0 Å². The molecule has 1 amide bonds. The number of hydrogen-bond donors (Lipinski definition) is 2. The van der Waals surface area contributed by atoms with Crippen LogP contribution in [-0.2, 0) is 0 Å². The Morgan fingerprint density at radius 2 is 2.00 bits per heavy atom. The Morgan fingerprint density at radius 3 is 2.68 bits per heavy atom. The number of benzene rings is 1. The number of carbonyl (C=O) groups is 1. The molecule has 1 aliphatic rings. The van der Waals surface area contributed by atoms with Gasteiger partial charge in [-0.2, -0.15) is 0 Å². The second-order valence-corrected chi connectivity index (χ2v) is 5.26. The van der Waals surface area contributed by atoms with E-state index in [9.17, 15) is 4.79 Å². The first kappa shape index (κ1) is 13.7. The Balaban J connectivity index is 1.89. The predicted molar refractivity (Wildman–Crippen MR) is 76.1 cm³/mol. The molecule has 4 nitrogen and oxygen atoms in total. The summed E-state index contributed by atoms with van der Waals surface area (Å²) < 4.78 is 5.70. The molecule has 4 heteroatoms. The zero-order chi connectivity index (χ0) is 13.7. The van der Waals surface area contributed by atoms with Crippen LogP contribution in [-0.4, -0.2) is 12.5 Å². The Kier molecular flexibility index (Phi) is 4.66. The predicted octanol–water partition coefficient (Wildman–Crippen LogP) is 2.72. The van der Waals surface area contributed by atoms with E-state index < -0.39 is 5.91 Å². The number of nitrogens with two attached hydrogens (primary N) is 2. The first-order chi connectivity index (χ1) is 9.16. The maximum Gasteiger partial charge on any atom is 0.252 e.